The van der Waals surface area contributed by atoms with E-state index < -0.39 is 0 Å². The number of aromatic nitrogens is 1. The SMILES string of the molecule is CCN(Cc1ccccc1)C(=O)C(c1cccnc1)N(C)C. The summed E-state index contributed by atoms with van der Waals surface area (Å²) >= 11 is 0. The molecule has 0 N–H and O–H groups in total. The molecule has 4 nitrogen and oxygen atoms in total. The van der Waals surface area contributed by atoms with Gasteiger partial charge in [0.2, 0.25) is 5.91 Å². The molecule has 0 spiro atoms. The molecule has 0 fully saturated rings. The summed E-state index contributed by atoms with van der Waals surface area (Å²) in [6.07, 6.45) is 3.49. The van der Waals surface area contributed by atoms with Gasteiger partial charge in [0.15, 0.2) is 0 Å². The number of carbonyl (C=O) groups excluding carboxylic acids is 1. The highest BCUT2D eigenvalue weighted by atomic mass is 16.2. The molecule has 0 saturated heterocycles. The van der Waals surface area contributed by atoms with Gasteiger partial charge in [-0.2, -0.15) is 0 Å². The second-order valence-electron chi connectivity index (χ2n) is 5.49. The summed E-state index contributed by atoms with van der Waals surface area (Å²) < 4.78 is 0. The Morgan fingerprint density at radius 2 is 1.86 bits per heavy atom. The van der Waals surface area contributed by atoms with Crippen LogP contribution in [0, 0.1) is 0 Å². The zero-order valence-electron chi connectivity index (χ0n) is 13.4. The lowest BCUT2D eigenvalue weighted by Crippen LogP contribution is -2.40. The van der Waals surface area contributed by atoms with Crippen LogP contribution < -0.4 is 0 Å². The molecule has 2 aromatic rings. The molecule has 1 amide bonds. The first-order valence-corrected chi connectivity index (χ1v) is 7.52. The quantitative estimate of drug-likeness (QED) is 0.822. The van der Waals surface area contributed by atoms with E-state index in [1.165, 1.54) is 0 Å². The maximum absolute atomic E-state index is 13.0. The van der Waals surface area contributed by atoms with E-state index in [-0.39, 0.29) is 11.9 Å². The first kappa shape index (κ1) is 16.2. The Bertz CT molecular complexity index is 584. The van der Waals surface area contributed by atoms with Crippen LogP contribution in [0.2, 0.25) is 0 Å². The average molecular weight is 297 g/mol. The van der Waals surface area contributed by atoms with Crippen molar-refractivity contribution in [3.8, 4) is 0 Å². The summed E-state index contributed by atoms with van der Waals surface area (Å²) in [5.74, 6) is 0.101. The molecule has 0 aliphatic carbocycles. The van der Waals surface area contributed by atoms with Gasteiger partial charge >= 0.3 is 0 Å². The molecule has 1 aromatic heterocycles. The number of rotatable bonds is 6. The van der Waals surface area contributed by atoms with Gasteiger partial charge in [0, 0.05) is 25.5 Å². The van der Waals surface area contributed by atoms with Crippen molar-refractivity contribution in [1.29, 1.82) is 0 Å². The van der Waals surface area contributed by atoms with Gasteiger partial charge in [0.25, 0.3) is 0 Å². The Labute approximate surface area is 132 Å². The number of pyridine rings is 1. The van der Waals surface area contributed by atoms with E-state index in [9.17, 15) is 4.79 Å². The minimum absolute atomic E-state index is 0.101. The van der Waals surface area contributed by atoms with Crippen molar-refractivity contribution in [1.82, 2.24) is 14.8 Å². The van der Waals surface area contributed by atoms with Crippen LogP contribution in [0.1, 0.15) is 24.1 Å². The molecule has 1 atom stereocenters. The molecular weight excluding hydrogens is 274 g/mol. The molecule has 1 aromatic carbocycles. The van der Waals surface area contributed by atoms with Crippen LogP contribution in [-0.2, 0) is 11.3 Å². The molecule has 1 unspecified atom stereocenters. The van der Waals surface area contributed by atoms with Crippen molar-refractivity contribution in [2.45, 2.75) is 19.5 Å². The average Bonchev–Trinajstić information content (AvgIpc) is 2.54. The van der Waals surface area contributed by atoms with Gasteiger partial charge in [-0.25, -0.2) is 0 Å². The van der Waals surface area contributed by atoms with Gasteiger partial charge in [-0.3, -0.25) is 14.7 Å². The van der Waals surface area contributed by atoms with Crippen molar-refractivity contribution in [3.05, 3.63) is 66.0 Å². The summed E-state index contributed by atoms with van der Waals surface area (Å²) in [6, 6.07) is 13.6. The molecule has 0 radical (unpaired) electrons. The minimum Gasteiger partial charge on any atom is -0.337 e. The molecule has 116 valence electrons. The Kier molecular flexibility index (Phi) is 5.67. The predicted molar refractivity (Wildman–Crippen MR) is 88.2 cm³/mol. The van der Waals surface area contributed by atoms with Crippen LogP contribution in [0.5, 0.6) is 0 Å². The Hall–Kier alpha value is -2.20. The van der Waals surface area contributed by atoms with E-state index in [2.05, 4.69) is 4.98 Å². The van der Waals surface area contributed by atoms with E-state index in [1.54, 1.807) is 12.4 Å². The standard InChI is InChI=1S/C18H23N3O/c1-4-21(14-15-9-6-5-7-10-15)18(22)17(20(2)3)16-11-8-12-19-13-16/h5-13,17H,4,14H2,1-3H3. The molecule has 22 heavy (non-hydrogen) atoms. The maximum atomic E-state index is 13.0. The van der Waals surface area contributed by atoms with Crippen LogP contribution in [0.4, 0.5) is 0 Å². The first-order chi connectivity index (χ1) is 10.6. The van der Waals surface area contributed by atoms with E-state index >= 15 is 0 Å². The highest BCUT2D eigenvalue weighted by Gasteiger charge is 2.27. The summed E-state index contributed by atoms with van der Waals surface area (Å²) in [6.45, 7) is 3.32. The molecule has 4 heteroatoms. The third-order valence-electron chi connectivity index (χ3n) is 3.66. The minimum atomic E-state index is -0.308. The fourth-order valence-corrected chi connectivity index (χ4v) is 2.52. The number of benzene rings is 1. The molecule has 1 heterocycles. The molecule has 2 rings (SSSR count). The van der Waals surface area contributed by atoms with E-state index in [0.717, 1.165) is 11.1 Å². The summed E-state index contributed by atoms with van der Waals surface area (Å²) in [5.41, 5.74) is 2.06. The number of likely N-dealkylation sites (N-methyl/N-ethyl adjacent to an activating group) is 2. The molecular formula is C18H23N3O. The fraction of sp³-hybridized carbons (Fsp3) is 0.333. The van der Waals surface area contributed by atoms with Crippen molar-refractivity contribution >= 4 is 5.91 Å². The van der Waals surface area contributed by atoms with Crippen LogP contribution in [0.3, 0.4) is 0 Å². The van der Waals surface area contributed by atoms with Crippen molar-refractivity contribution in [3.63, 3.8) is 0 Å². The highest BCUT2D eigenvalue weighted by Crippen LogP contribution is 2.21. The molecule has 0 aliphatic rings. The zero-order valence-corrected chi connectivity index (χ0v) is 13.4. The fourth-order valence-electron chi connectivity index (χ4n) is 2.52. The van der Waals surface area contributed by atoms with Gasteiger partial charge in [-0.05, 0) is 38.2 Å². The van der Waals surface area contributed by atoms with Crippen molar-refractivity contribution in [2.75, 3.05) is 20.6 Å². The number of hydrogen-bond acceptors (Lipinski definition) is 3. The maximum Gasteiger partial charge on any atom is 0.244 e. The first-order valence-electron chi connectivity index (χ1n) is 7.52. The van der Waals surface area contributed by atoms with Crippen LogP contribution >= 0.6 is 0 Å². The molecule has 0 saturated carbocycles. The number of nitrogens with zero attached hydrogens (tertiary/aromatic N) is 3. The zero-order chi connectivity index (χ0) is 15.9. The van der Waals surface area contributed by atoms with Gasteiger partial charge < -0.3 is 4.90 Å². The van der Waals surface area contributed by atoms with E-state index in [4.69, 9.17) is 0 Å². The van der Waals surface area contributed by atoms with Crippen molar-refractivity contribution < 1.29 is 4.79 Å². The third kappa shape index (κ3) is 3.92. The largest absolute Gasteiger partial charge is 0.337 e. The Morgan fingerprint density at radius 1 is 1.14 bits per heavy atom. The number of hydrogen-bond donors (Lipinski definition) is 0. The highest BCUT2D eigenvalue weighted by molar-refractivity contribution is 5.83. The number of carbonyl (C=O) groups is 1. The van der Waals surface area contributed by atoms with Crippen molar-refractivity contribution in [2.24, 2.45) is 0 Å². The number of amides is 1. The Morgan fingerprint density at radius 3 is 2.41 bits per heavy atom. The van der Waals surface area contributed by atoms with Gasteiger partial charge in [0.05, 0.1) is 0 Å². The van der Waals surface area contributed by atoms with Crippen LogP contribution in [0.15, 0.2) is 54.9 Å². The lowest BCUT2D eigenvalue weighted by molar-refractivity contribution is -0.136. The summed E-state index contributed by atoms with van der Waals surface area (Å²) in [4.78, 5) is 20.9. The normalized spacial score (nSPS) is 12.2. The van der Waals surface area contributed by atoms with E-state index in [1.807, 2.05) is 73.3 Å². The lowest BCUT2D eigenvalue weighted by atomic mass is 10.1. The van der Waals surface area contributed by atoms with Crippen LogP contribution in [0.25, 0.3) is 0 Å². The summed E-state index contributed by atoms with van der Waals surface area (Å²) in [5, 5.41) is 0. The summed E-state index contributed by atoms with van der Waals surface area (Å²) in [7, 11) is 3.85. The van der Waals surface area contributed by atoms with E-state index in [0.29, 0.717) is 13.1 Å². The predicted octanol–water partition coefficient (Wildman–Crippen LogP) is 2.73. The second-order valence-corrected chi connectivity index (χ2v) is 5.49. The topological polar surface area (TPSA) is 36.4 Å². The van der Waals surface area contributed by atoms with Crippen LogP contribution in [-0.4, -0.2) is 41.3 Å². The smallest absolute Gasteiger partial charge is 0.244 e. The van der Waals surface area contributed by atoms with Gasteiger partial charge in [-0.15, -0.1) is 0 Å². The third-order valence-corrected chi connectivity index (χ3v) is 3.66. The Balaban J connectivity index is 2.21. The molecule has 0 bridgehead atoms. The molecule has 0 aliphatic heterocycles. The lowest BCUT2D eigenvalue weighted by Gasteiger charge is -2.30. The van der Waals surface area contributed by atoms with Gasteiger partial charge in [0.1, 0.15) is 6.04 Å². The second kappa shape index (κ2) is 7.71. The monoisotopic (exact) mass is 297 g/mol. The van der Waals surface area contributed by atoms with Gasteiger partial charge in [-0.1, -0.05) is 36.4 Å².